The van der Waals surface area contributed by atoms with Gasteiger partial charge in [0.2, 0.25) is 5.88 Å². The van der Waals surface area contributed by atoms with Crippen molar-refractivity contribution in [2.24, 2.45) is 5.73 Å². The van der Waals surface area contributed by atoms with E-state index in [4.69, 9.17) is 43.7 Å². The minimum atomic E-state index is -5.19. The molecule has 1 aromatic heterocycles. The zero-order chi connectivity index (χ0) is 27.4. The Morgan fingerprint density at radius 3 is 2.34 bits per heavy atom. The fourth-order valence-corrected chi connectivity index (χ4v) is 4.26. The van der Waals surface area contributed by atoms with E-state index in [1.807, 2.05) is 6.07 Å². The molecule has 3 aromatic carbocycles. The zero-order valence-corrected chi connectivity index (χ0v) is 21.2. The topological polar surface area (TPSA) is 90.3 Å². The molecule has 0 aliphatic heterocycles. The van der Waals surface area contributed by atoms with Crippen molar-refractivity contribution in [3.05, 3.63) is 93.0 Å². The molecular formula is C27H20Cl2F3N3O3. The van der Waals surface area contributed by atoms with Crippen molar-refractivity contribution in [3.8, 4) is 17.7 Å². The number of nitrogens with zero attached hydrogens (tertiary/aromatic N) is 2. The molecule has 0 amide bonds. The molecule has 4 rings (SSSR count). The number of nitrogens with two attached hydrogens (primary N) is 1. The van der Waals surface area contributed by atoms with Crippen LogP contribution in [-0.4, -0.2) is 23.3 Å². The number of carbonyl (C=O) groups is 1. The van der Waals surface area contributed by atoms with Crippen molar-refractivity contribution in [1.29, 1.82) is 5.26 Å². The number of hydrogen-bond acceptors (Lipinski definition) is 5. The lowest BCUT2D eigenvalue weighted by atomic mass is 10.1. The van der Waals surface area contributed by atoms with E-state index in [2.05, 4.69) is 0 Å². The standard InChI is InChI=1S/C27H20Cl2F3N3O3/c28-22-7-5-18(11-23(22)29)14-35-24-8-6-19(37-15-17-3-1-16(13-34)2-4-17)12-21(24)20(9-10-33)25(35)38-26(36)27(30,31)32/h1-8,11-12H,9-10,14-15,33H2. The van der Waals surface area contributed by atoms with Gasteiger partial charge in [0, 0.05) is 10.9 Å². The van der Waals surface area contributed by atoms with Crippen LogP contribution in [0.25, 0.3) is 10.9 Å². The Bertz CT molecular complexity index is 1530. The molecule has 0 fully saturated rings. The first-order chi connectivity index (χ1) is 18.1. The molecule has 38 heavy (non-hydrogen) atoms. The minimum absolute atomic E-state index is 0.0455. The third kappa shape index (κ3) is 6.05. The van der Waals surface area contributed by atoms with Crippen LogP contribution in [0.15, 0.2) is 60.7 Å². The van der Waals surface area contributed by atoms with Gasteiger partial charge in [0.1, 0.15) is 12.4 Å². The van der Waals surface area contributed by atoms with Crippen LogP contribution in [0.3, 0.4) is 0 Å². The summed E-state index contributed by atoms with van der Waals surface area (Å²) in [7, 11) is 0. The van der Waals surface area contributed by atoms with Gasteiger partial charge in [-0.3, -0.25) is 0 Å². The minimum Gasteiger partial charge on any atom is -0.489 e. The summed E-state index contributed by atoms with van der Waals surface area (Å²) >= 11 is 12.1. The van der Waals surface area contributed by atoms with Crippen molar-refractivity contribution in [3.63, 3.8) is 0 Å². The van der Waals surface area contributed by atoms with Gasteiger partial charge in [-0.1, -0.05) is 41.4 Å². The SMILES string of the molecule is N#Cc1ccc(COc2ccc3c(c2)c(CCN)c(OC(=O)C(F)(F)F)n3Cc2ccc(Cl)c(Cl)c2)cc1. The number of rotatable bonds is 8. The molecule has 0 radical (unpaired) electrons. The summed E-state index contributed by atoms with van der Waals surface area (Å²) in [5.74, 6) is -2.16. The molecule has 0 unspecified atom stereocenters. The van der Waals surface area contributed by atoms with E-state index in [-0.39, 0.29) is 37.0 Å². The van der Waals surface area contributed by atoms with Gasteiger partial charge >= 0.3 is 12.1 Å². The molecule has 2 N–H and O–H groups in total. The summed E-state index contributed by atoms with van der Waals surface area (Å²) in [5.41, 5.74) is 8.59. The Balaban J connectivity index is 1.77. The smallest absolute Gasteiger partial charge is 0.489 e. The van der Waals surface area contributed by atoms with E-state index in [1.165, 1.54) is 4.57 Å². The highest BCUT2D eigenvalue weighted by molar-refractivity contribution is 6.42. The van der Waals surface area contributed by atoms with E-state index in [1.54, 1.807) is 60.7 Å². The predicted molar refractivity (Wildman–Crippen MR) is 137 cm³/mol. The average molecular weight is 562 g/mol. The second-order valence-electron chi connectivity index (χ2n) is 8.32. The molecule has 0 bridgehead atoms. The molecule has 0 saturated carbocycles. The Labute approximate surface area is 225 Å². The van der Waals surface area contributed by atoms with Gasteiger partial charge in [0.05, 0.1) is 33.7 Å². The van der Waals surface area contributed by atoms with Gasteiger partial charge in [0.25, 0.3) is 0 Å². The molecule has 4 aromatic rings. The van der Waals surface area contributed by atoms with Crippen LogP contribution in [0, 0.1) is 11.3 Å². The lowest BCUT2D eigenvalue weighted by molar-refractivity contribution is -0.190. The zero-order valence-electron chi connectivity index (χ0n) is 19.7. The molecule has 0 atom stereocenters. The fraction of sp³-hybridized carbons (Fsp3) is 0.185. The maximum atomic E-state index is 13.2. The van der Waals surface area contributed by atoms with E-state index in [9.17, 15) is 18.0 Å². The van der Waals surface area contributed by atoms with E-state index < -0.39 is 12.1 Å². The molecule has 1 heterocycles. The Morgan fingerprint density at radius 2 is 1.71 bits per heavy atom. The normalized spacial score (nSPS) is 11.4. The lowest BCUT2D eigenvalue weighted by Crippen LogP contribution is -2.29. The van der Waals surface area contributed by atoms with Crippen LogP contribution < -0.4 is 15.2 Å². The predicted octanol–water partition coefficient (Wildman–Crippen LogP) is 6.42. The van der Waals surface area contributed by atoms with Crippen LogP contribution in [0.4, 0.5) is 13.2 Å². The van der Waals surface area contributed by atoms with Crippen LogP contribution in [0.2, 0.25) is 10.0 Å². The number of aromatic nitrogens is 1. The molecule has 11 heteroatoms. The van der Waals surface area contributed by atoms with E-state index >= 15 is 0 Å². The van der Waals surface area contributed by atoms with Crippen molar-refractivity contribution in [1.82, 2.24) is 4.57 Å². The number of ether oxygens (including phenoxy) is 2. The number of alkyl halides is 3. The summed E-state index contributed by atoms with van der Waals surface area (Å²) in [6.45, 7) is 0.339. The number of halogens is 5. The number of fused-ring (bicyclic) bond motifs is 1. The van der Waals surface area contributed by atoms with Gasteiger partial charge < -0.3 is 19.8 Å². The van der Waals surface area contributed by atoms with E-state index in [0.29, 0.717) is 38.4 Å². The highest BCUT2D eigenvalue weighted by Crippen LogP contribution is 2.37. The second-order valence-corrected chi connectivity index (χ2v) is 9.14. The van der Waals surface area contributed by atoms with Gasteiger partial charge in [-0.25, -0.2) is 4.79 Å². The Kier molecular flexibility index (Phi) is 8.17. The molecule has 196 valence electrons. The summed E-state index contributed by atoms with van der Waals surface area (Å²) < 4.78 is 51.8. The first-order valence-electron chi connectivity index (χ1n) is 11.3. The van der Waals surface area contributed by atoms with Gasteiger partial charge in [-0.05, 0) is 66.6 Å². The van der Waals surface area contributed by atoms with Crippen molar-refractivity contribution in [2.45, 2.75) is 25.7 Å². The van der Waals surface area contributed by atoms with Gasteiger partial charge in [0.15, 0.2) is 0 Å². The largest absolute Gasteiger partial charge is 0.491 e. The first kappa shape index (κ1) is 27.3. The fourth-order valence-electron chi connectivity index (χ4n) is 3.94. The quantitative estimate of drug-likeness (QED) is 0.251. The maximum absolute atomic E-state index is 13.2. The lowest BCUT2D eigenvalue weighted by Gasteiger charge is -2.14. The Morgan fingerprint density at radius 1 is 1.00 bits per heavy atom. The summed E-state index contributed by atoms with van der Waals surface area (Å²) in [5, 5.41) is 10.1. The molecule has 6 nitrogen and oxygen atoms in total. The maximum Gasteiger partial charge on any atom is 0.491 e. The number of carbonyl (C=O) groups excluding carboxylic acids is 1. The number of benzene rings is 3. The molecule has 0 saturated heterocycles. The highest BCUT2D eigenvalue weighted by atomic mass is 35.5. The molecule has 0 spiro atoms. The van der Waals surface area contributed by atoms with Crippen LogP contribution in [-0.2, 0) is 24.4 Å². The number of hydrogen-bond donors (Lipinski definition) is 1. The van der Waals surface area contributed by atoms with Crippen LogP contribution in [0.1, 0.15) is 22.3 Å². The summed E-state index contributed by atoms with van der Waals surface area (Å²) in [6.07, 6.45) is -5.05. The van der Waals surface area contributed by atoms with Crippen molar-refractivity contribution in [2.75, 3.05) is 6.54 Å². The Hall–Kier alpha value is -3.71. The van der Waals surface area contributed by atoms with E-state index in [0.717, 1.165) is 5.56 Å². The number of nitriles is 1. The highest BCUT2D eigenvalue weighted by Gasteiger charge is 2.42. The van der Waals surface area contributed by atoms with Crippen LogP contribution in [0.5, 0.6) is 11.6 Å². The van der Waals surface area contributed by atoms with Crippen LogP contribution >= 0.6 is 23.2 Å². The van der Waals surface area contributed by atoms with Gasteiger partial charge in [-0.15, -0.1) is 0 Å². The first-order valence-corrected chi connectivity index (χ1v) is 12.1. The van der Waals surface area contributed by atoms with Crippen molar-refractivity contribution < 1.29 is 27.4 Å². The third-order valence-corrected chi connectivity index (χ3v) is 6.45. The van der Waals surface area contributed by atoms with Crippen molar-refractivity contribution >= 4 is 40.1 Å². The van der Waals surface area contributed by atoms with Gasteiger partial charge in [-0.2, -0.15) is 18.4 Å². The summed E-state index contributed by atoms with van der Waals surface area (Å²) in [4.78, 5) is 11.9. The molecule has 0 aliphatic rings. The second kappa shape index (κ2) is 11.4. The number of esters is 1. The molecular weight excluding hydrogens is 542 g/mol. The molecule has 0 aliphatic carbocycles. The third-order valence-electron chi connectivity index (χ3n) is 5.72. The summed E-state index contributed by atoms with van der Waals surface area (Å²) in [6, 6.07) is 18.8. The average Bonchev–Trinajstić information content (AvgIpc) is 3.16. The monoisotopic (exact) mass is 561 g/mol.